The van der Waals surface area contributed by atoms with Crippen molar-refractivity contribution in [3.8, 4) is 0 Å². The lowest BCUT2D eigenvalue weighted by atomic mass is 9.71. The first kappa shape index (κ1) is 21.4. The number of carbonyl (C=O) groups excluding carboxylic acids is 2. The van der Waals surface area contributed by atoms with Crippen molar-refractivity contribution in [3.05, 3.63) is 101 Å². The van der Waals surface area contributed by atoms with Gasteiger partial charge in [-0.05, 0) is 42.2 Å². The molecule has 0 bridgehead atoms. The number of fused-ring (bicyclic) bond motifs is 1. The van der Waals surface area contributed by atoms with E-state index in [-0.39, 0.29) is 17.7 Å². The molecule has 1 aliphatic carbocycles. The zero-order valence-corrected chi connectivity index (χ0v) is 18.7. The van der Waals surface area contributed by atoms with Gasteiger partial charge in [0.25, 0.3) is 5.91 Å². The van der Waals surface area contributed by atoms with Crippen molar-refractivity contribution in [2.75, 3.05) is 6.54 Å². The molecule has 1 aromatic heterocycles. The fourth-order valence-electron chi connectivity index (χ4n) is 5.62. The number of nitrogens with zero attached hydrogens (tertiary/aromatic N) is 2. The van der Waals surface area contributed by atoms with Crippen LogP contribution in [0, 0.1) is 0 Å². The van der Waals surface area contributed by atoms with Crippen molar-refractivity contribution in [2.24, 2.45) is 0 Å². The van der Waals surface area contributed by atoms with E-state index < -0.39 is 5.54 Å². The molecule has 33 heavy (non-hydrogen) atoms. The van der Waals surface area contributed by atoms with Crippen LogP contribution in [0.5, 0.6) is 0 Å². The zero-order valence-electron chi connectivity index (χ0n) is 18.7. The summed E-state index contributed by atoms with van der Waals surface area (Å²) in [6.45, 7) is 1.04. The van der Waals surface area contributed by atoms with Gasteiger partial charge in [0.15, 0.2) is 0 Å². The monoisotopic (exact) mass is 439 g/mol. The van der Waals surface area contributed by atoms with Crippen LogP contribution in [-0.4, -0.2) is 33.8 Å². The first-order chi connectivity index (χ1) is 16.2. The Hall–Kier alpha value is -3.47. The van der Waals surface area contributed by atoms with Gasteiger partial charge < -0.3 is 10.2 Å². The molecule has 5 heteroatoms. The van der Waals surface area contributed by atoms with Crippen LogP contribution in [0.15, 0.2) is 79.0 Å². The number of hydrogen-bond donors (Lipinski definition) is 1. The molecule has 2 aromatic carbocycles. The number of benzene rings is 2. The molecule has 1 N–H and O–H groups in total. The van der Waals surface area contributed by atoms with E-state index in [4.69, 9.17) is 0 Å². The molecular formula is C28H29N3O2. The van der Waals surface area contributed by atoms with Gasteiger partial charge in [0.1, 0.15) is 0 Å². The third-order valence-corrected chi connectivity index (χ3v) is 7.14. The summed E-state index contributed by atoms with van der Waals surface area (Å²) in [7, 11) is 0. The molecule has 0 radical (unpaired) electrons. The summed E-state index contributed by atoms with van der Waals surface area (Å²) in [6.07, 6.45) is 6.20. The van der Waals surface area contributed by atoms with Crippen LogP contribution in [0.25, 0.3) is 0 Å². The molecule has 2 heterocycles. The molecule has 2 amide bonds. The lowest BCUT2D eigenvalue weighted by molar-refractivity contribution is -0.126. The van der Waals surface area contributed by atoms with Gasteiger partial charge in [-0.2, -0.15) is 0 Å². The SMILES string of the molecule is O=C(NCCc1ccccn1)[C@@H]1c2ccccc2C(=O)N(Cc2ccccc2)C12CCCC2. The predicted octanol–water partition coefficient (Wildman–Crippen LogP) is 4.49. The average molecular weight is 440 g/mol. The molecule has 168 valence electrons. The molecule has 1 saturated carbocycles. The number of aromatic nitrogens is 1. The minimum absolute atomic E-state index is 0.00541. The van der Waals surface area contributed by atoms with Crippen molar-refractivity contribution in [1.29, 1.82) is 0 Å². The van der Waals surface area contributed by atoms with E-state index in [9.17, 15) is 9.59 Å². The van der Waals surface area contributed by atoms with Crippen LogP contribution in [0.2, 0.25) is 0 Å². The highest BCUT2D eigenvalue weighted by Crippen LogP contribution is 2.50. The molecule has 3 aromatic rings. The fraction of sp³-hybridized carbons (Fsp3) is 0.321. The Bertz CT molecular complexity index is 1120. The second-order valence-electron chi connectivity index (χ2n) is 9.07. The highest BCUT2D eigenvalue weighted by atomic mass is 16.2. The summed E-state index contributed by atoms with van der Waals surface area (Å²) >= 11 is 0. The maximum absolute atomic E-state index is 13.7. The van der Waals surface area contributed by atoms with Crippen LogP contribution in [0.3, 0.4) is 0 Å². The van der Waals surface area contributed by atoms with Crippen LogP contribution in [-0.2, 0) is 17.8 Å². The Kier molecular flexibility index (Phi) is 5.95. The highest BCUT2D eigenvalue weighted by molar-refractivity contribution is 6.02. The van der Waals surface area contributed by atoms with E-state index in [2.05, 4.69) is 22.4 Å². The molecule has 5 rings (SSSR count). The van der Waals surface area contributed by atoms with E-state index in [0.717, 1.165) is 42.5 Å². The number of pyridine rings is 1. The van der Waals surface area contributed by atoms with Crippen LogP contribution < -0.4 is 5.32 Å². The van der Waals surface area contributed by atoms with Gasteiger partial charge in [-0.25, -0.2) is 0 Å². The molecule has 5 nitrogen and oxygen atoms in total. The predicted molar refractivity (Wildman–Crippen MR) is 128 cm³/mol. The Morgan fingerprint density at radius 1 is 0.970 bits per heavy atom. The minimum atomic E-state index is -0.490. The van der Waals surface area contributed by atoms with E-state index in [0.29, 0.717) is 25.1 Å². The van der Waals surface area contributed by atoms with Crippen LogP contribution >= 0.6 is 0 Å². The summed E-state index contributed by atoms with van der Waals surface area (Å²) < 4.78 is 0. The standard InChI is InChI=1S/C28H29N3O2/c32-26(30-19-15-22-12-6-9-18-29-22)25-23-13-4-5-14-24(23)27(33)31(28(25)16-7-8-17-28)20-21-10-2-1-3-11-21/h1-6,9-14,18,25H,7-8,15-17,19-20H2,(H,30,32)/t25-/m0/s1. The smallest absolute Gasteiger partial charge is 0.254 e. The molecule has 1 aliphatic heterocycles. The lowest BCUT2D eigenvalue weighted by Gasteiger charge is -2.50. The second-order valence-corrected chi connectivity index (χ2v) is 9.07. The summed E-state index contributed by atoms with van der Waals surface area (Å²) in [5.74, 6) is -0.332. The average Bonchev–Trinajstić information content (AvgIpc) is 3.33. The minimum Gasteiger partial charge on any atom is -0.355 e. The van der Waals surface area contributed by atoms with Gasteiger partial charge in [-0.3, -0.25) is 14.6 Å². The Morgan fingerprint density at radius 2 is 1.70 bits per heavy atom. The molecule has 2 aliphatic rings. The highest BCUT2D eigenvalue weighted by Gasteiger charge is 2.55. The number of carbonyl (C=O) groups is 2. The van der Waals surface area contributed by atoms with Crippen LogP contribution in [0.4, 0.5) is 0 Å². The Labute approximate surface area is 194 Å². The third-order valence-electron chi connectivity index (χ3n) is 7.14. The largest absolute Gasteiger partial charge is 0.355 e. The first-order valence-corrected chi connectivity index (χ1v) is 11.8. The quantitative estimate of drug-likeness (QED) is 0.615. The Balaban J connectivity index is 1.48. The van der Waals surface area contributed by atoms with E-state index in [1.54, 1.807) is 6.20 Å². The van der Waals surface area contributed by atoms with Gasteiger partial charge in [0.2, 0.25) is 5.91 Å². The molecule has 0 saturated heterocycles. The topological polar surface area (TPSA) is 62.3 Å². The summed E-state index contributed by atoms with van der Waals surface area (Å²) in [5, 5.41) is 3.18. The number of nitrogens with one attached hydrogen (secondary N) is 1. The lowest BCUT2D eigenvalue weighted by Crippen LogP contribution is -2.60. The first-order valence-electron chi connectivity index (χ1n) is 11.8. The molecule has 1 atom stereocenters. The summed E-state index contributed by atoms with van der Waals surface area (Å²) in [4.78, 5) is 33.8. The maximum Gasteiger partial charge on any atom is 0.254 e. The zero-order chi connectivity index (χ0) is 22.7. The molecule has 1 spiro atoms. The Morgan fingerprint density at radius 3 is 2.45 bits per heavy atom. The van der Waals surface area contributed by atoms with Crippen molar-refractivity contribution in [3.63, 3.8) is 0 Å². The van der Waals surface area contributed by atoms with Gasteiger partial charge in [0.05, 0.1) is 11.5 Å². The molecule has 0 unspecified atom stereocenters. The molecule has 1 fully saturated rings. The van der Waals surface area contributed by atoms with E-state index in [1.165, 1.54) is 0 Å². The van der Waals surface area contributed by atoms with Gasteiger partial charge in [-0.1, -0.05) is 67.4 Å². The van der Waals surface area contributed by atoms with Crippen molar-refractivity contribution in [1.82, 2.24) is 15.2 Å². The van der Waals surface area contributed by atoms with Gasteiger partial charge >= 0.3 is 0 Å². The number of hydrogen-bond acceptors (Lipinski definition) is 3. The van der Waals surface area contributed by atoms with Crippen molar-refractivity contribution in [2.45, 2.75) is 50.1 Å². The van der Waals surface area contributed by atoms with E-state index >= 15 is 0 Å². The van der Waals surface area contributed by atoms with Gasteiger partial charge in [0, 0.05) is 37.0 Å². The van der Waals surface area contributed by atoms with Crippen LogP contribution in [0.1, 0.15) is 58.8 Å². The normalized spacial score (nSPS) is 18.8. The fourth-order valence-corrected chi connectivity index (χ4v) is 5.62. The van der Waals surface area contributed by atoms with Crippen molar-refractivity contribution < 1.29 is 9.59 Å². The summed E-state index contributed by atoms with van der Waals surface area (Å²) in [5.41, 5.74) is 3.07. The molecular weight excluding hydrogens is 410 g/mol. The van der Waals surface area contributed by atoms with Gasteiger partial charge in [-0.15, -0.1) is 0 Å². The maximum atomic E-state index is 13.7. The third kappa shape index (κ3) is 4.04. The number of rotatable bonds is 6. The second kappa shape index (κ2) is 9.18. The van der Waals surface area contributed by atoms with E-state index in [1.807, 2.05) is 65.6 Å². The number of amides is 2. The summed E-state index contributed by atoms with van der Waals surface area (Å²) in [6, 6.07) is 23.6. The van der Waals surface area contributed by atoms with Crippen molar-refractivity contribution >= 4 is 11.8 Å².